The maximum Gasteiger partial charge on any atom is 0.173 e. The van der Waals surface area contributed by atoms with E-state index in [1.165, 1.54) is 5.41 Å². The van der Waals surface area contributed by atoms with Gasteiger partial charge in [0.15, 0.2) is 9.84 Å². The second kappa shape index (κ2) is 6.87. The lowest BCUT2D eigenvalue weighted by molar-refractivity contribution is 0.226. The zero-order valence-electron chi connectivity index (χ0n) is 12.6. The molecule has 0 saturated heterocycles. The smallest absolute Gasteiger partial charge is 0.173 e. The fraction of sp³-hybridized carbons (Fsp3) is 0.222. The molecule has 0 aromatic heterocycles. The van der Waals surface area contributed by atoms with Crippen LogP contribution in [0, 0.1) is 0 Å². The number of sulfone groups is 1. The van der Waals surface area contributed by atoms with Crippen LogP contribution in [-0.4, -0.2) is 25.1 Å². The van der Waals surface area contributed by atoms with Crippen LogP contribution in [0.3, 0.4) is 0 Å². The molecule has 0 unspecified atom stereocenters. The van der Waals surface area contributed by atoms with Crippen LogP contribution in [0.4, 0.5) is 0 Å². The number of nitrogens with zero attached hydrogens (tertiary/aromatic N) is 1. The Bertz CT molecular complexity index is 803. The van der Waals surface area contributed by atoms with Crippen LogP contribution in [0.15, 0.2) is 66.1 Å². The van der Waals surface area contributed by atoms with Crippen molar-refractivity contribution >= 4 is 21.4 Å². The van der Waals surface area contributed by atoms with Gasteiger partial charge in [-0.05, 0) is 17.2 Å². The molecule has 3 rings (SSSR count). The maximum absolute atomic E-state index is 11.8. The first-order valence-corrected chi connectivity index (χ1v) is 9.55. The van der Waals surface area contributed by atoms with E-state index in [1.54, 1.807) is 6.08 Å². The predicted molar refractivity (Wildman–Crippen MR) is 93.9 cm³/mol. The number of halogens is 1. The molecule has 0 radical (unpaired) electrons. The van der Waals surface area contributed by atoms with E-state index < -0.39 is 9.84 Å². The number of rotatable bonds is 5. The molecule has 120 valence electrons. The summed E-state index contributed by atoms with van der Waals surface area (Å²) in [6, 6.07) is 17.6. The molecule has 2 aromatic carbocycles. The average Bonchev–Trinajstić information content (AvgIpc) is 2.90. The summed E-state index contributed by atoms with van der Waals surface area (Å²) >= 11 is 6.27. The van der Waals surface area contributed by atoms with Crippen LogP contribution < -0.4 is 0 Å². The van der Waals surface area contributed by atoms with E-state index in [2.05, 4.69) is 4.90 Å². The van der Waals surface area contributed by atoms with Crippen LogP contribution in [0.2, 0.25) is 5.02 Å². The average molecular weight is 348 g/mol. The first kappa shape index (κ1) is 16.2. The molecule has 0 N–H and O–H groups in total. The van der Waals surface area contributed by atoms with Crippen LogP contribution in [-0.2, 0) is 22.9 Å². The van der Waals surface area contributed by atoms with Gasteiger partial charge in [-0.3, -0.25) is 4.90 Å². The summed E-state index contributed by atoms with van der Waals surface area (Å²) in [4.78, 5) is 2.15. The van der Waals surface area contributed by atoms with E-state index in [0.29, 0.717) is 18.1 Å². The summed E-state index contributed by atoms with van der Waals surface area (Å²) in [5, 5.41) is 2.03. The Labute approximate surface area is 142 Å². The third-order valence-electron chi connectivity index (χ3n) is 3.94. The molecule has 5 heteroatoms. The summed E-state index contributed by atoms with van der Waals surface area (Å²) in [5.41, 5.74) is 2.15. The minimum Gasteiger partial charge on any atom is -0.287 e. The lowest BCUT2D eigenvalue weighted by atomic mass is 10.1. The minimum absolute atomic E-state index is 0.128. The molecule has 1 atom stereocenters. The summed E-state index contributed by atoms with van der Waals surface area (Å²) in [6.07, 6.45) is 1.77. The van der Waals surface area contributed by atoms with Crippen molar-refractivity contribution in [1.29, 1.82) is 0 Å². The highest BCUT2D eigenvalue weighted by Crippen LogP contribution is 2.23. The van der Waals surface area contributed by atoms with Crippen molar-refractivity contribution in [2.75, 3.05) is 5.75 Å². The molecule has 0 amide bonds. The normalized spacial score (nSPS) is 19.3. The second-order valence-electron chi connectivity index (χ2n) is 5.71. The predicted octanol–water partition coefficient (Wildman–Crippen LogP) is 3.65. The van der Waals surface area contributed by atoms with Crippen molar-refractivity contribution < 1.29 is 8.42 Å². The van der Waals surface area contributed by atoms with Crippen molar-refractivity contribution in [2.45, 2.75) is 19.1 Å². The Morgan fingerprint density at radius 1 is 1.00 bits per heavy atom. The zero-order chi connectivity index (χ0) is 16.3. The Kier molecular flexibility index (Phi) is 4.85. The Morgan fingerprint density at radius 3 is 2.35 bits per heavy atom. The van der Waals surface area contributed by atoms with Gasteiger partial charge in [0, 0.05) is 29.6 Å². The monoisotopic (exact) mass is 347 g/mol. The largest absolute Gasteiger partial charge is 0.287 e. The molecule has 1 aliphatic rings. The highest BCUT2D eigenvalue weighted by Gasteiger charge is 2.27. The highest BCUT2D eigenvalue weighted by atomic mass is 35.5. The van der Waals surface area contributed by atoms with Gasteiger partial charge in [-0.25, -0.2) is 8.42 Å². The molecular formula is C18H18ClNO2S. The number of benzene rings is 2. The molecule has 1 heterocycles. The number of hydrogen-bond donors (Lipinski definition) is 0. The first-order valence-electron chi connectivity index (χ1n) is 7.46. The Morgan fingerprint density at radius 2 is 1.70 bits per heavy atom. The fourth-order valence-electron chi connectivity index (χ4n) is 2.74. The van der Waals surface area contributed by atoms with Gasteiger partial charge >= 0.3 is 0 Å². The molecule has 2 aromatic rings. The summed E-state index contributed by atoms with van der Waals surface area (Å²) in [5.74, 6) is 0.129. The van der Waals surface area contributed by atoms with Crippen LogP contribution in [0.25, 0.3) is 0 Å². The van der Waals surface area contributed by atoms with Gasteiger partial charge in [0.2, 0.25) is 0 Å². The topological polar surface area (TPSA) is 37.4 Å². The van der Waals surface area contributed by atoms with Gasteiger partial charge in [-0.2, -0.15) is 0 Å². The standard InChI is InChI=1S/C18H18ClNO2S/c19-18-9-5-4-8-16(18)13-20(12-15-6-2-1-3-7-15)17-10-11-23(21,22)14-17/h1-11,17H,12-14H2/t17-/m0/s1. The number of hydrogen-bond acceptors (Lipinski definition) is 3. The van der Waals surface area contributed by atoms with Gasteiger partial charge in [0.05, 0.1) is 5.75 Å². The zero-order valence-corrected chi connectivity index (χ0v) is 14.2. The third kappa shape index (κ3) is 4.22. The third-order valence-corrected chi connectivity index (χ3v) is 5.69. The van der Waals surface area contributed by atoms with Crippen molar-refractivity contribution in [3.05, 3.63) is 82.2 Å². The van der Waals surface area contributed by atoms with Gasteiger partial charge < -0.3 is 0 Å². The van der Waals surface area contributed by atoms with Crippen molar-refractivity contribution in [3.8, 4) is 0 Å². The molecule has 0 fully saturated rings. The quantitative estimate of drug-likeness (QED) is 0.828. The molecule has 23 heavy (non-hydrogen) atoms. The van der Waals surface area contributed by atoms with E-state index in [1.807, 2.05) is 54.6 Å². The fourth-order valence-corrected chi connectivity index (χ4v) is 4.27. The molecule has 0 saturated carbocycles. The Balaban J connectivity index is 1.85. The van der Waals surface area contributed by atoms with Gasteiger partial charge in [-0.1, -0.05) is 66.2 Å². The molecule has 0 bridgehead atoms. The molecule has 0 aliphatic carbocycles. The SMILES string of the molecule is O=S1(=O)C=C[C@H](N(Cc2ccccc2)Cc2ccccc2Cl)C1. The van der Waals surface area contributed by atoms with E-state index in [4.69, 9.17) is 11.6 Å². The second-order valence-corrected chi connectivity index (χ2v) is 8.05. The Hall–Kier alpha value is -1.62. The van der Waals surface area contributed by atoms with Crippen LogP contribution >= 0.6 is 11.6 Å². The van der Waals surface area contributed by atoms with E-state index >= 15 is 0 Å². The van der Waals surface area contributed by atoms with E-state index in [-0.39, 0.29) is 11.8 Å². The maximum atomic E-state index is 11.8. The summed E-state index contributed by atoms with van der Waals surface area (Å²) < 4.78 is 23.6. The lowest BCUT2D eigenvalue weighted by Gasteiger charge is -2.28. The van der Waals surface area contributed by atoms with Crippen molar-refractivity contribution in [1.82, 2.24) is 4.90 Å². The summed E-state index contributed by atoms with van der Waals surface area (Å²) in [7, 11) is -3.09. The van der Waals surface area contributed by atoms with Crippen LogP contribution in [0.1, 0.15) is 11.1 Å². The molecular weight excluding hydrogens is 330 g/mol. The molecule has 3 nitrogen and oxygen atoms in total. The van der Waals surface area contributed by atoms with Crippen molar-refractivity contribution in [2.24, 2.45) is 0 Å². The first-order chi connectivity index (χ1) is 11.0. The summed E-state index contributed by atoms with van der Waals surface area (Å²) in [6.45, 7) is 1.29. The van der Waals surface area contributed by atoms with Crippen molar-refractivity contribution in [3.63, 3.8) is 0 Å². The van der Waals surface area contributed by atoms with E-state index in [0.717, 1.165) is 11.1 Å². The van der Waals surface area contributed by atoms with E-state index in [9.17, 15) is 8.42 Å². The molecule has 0 spiro atoms. The van der Waals surface area contributed by atoms with Gasteiger partial charge in [0.25, 0.3) is 0 Å². The minimum atomic E-state index is -3.09. The molecule has 1 aliphatic heterocycles. The van der Waals surface area contributed by atoms with Gasteiger partial charge in [0.1, 0.15) is 0 Å². The van der Waals surface area contributed by atoms with Crippen LogP contribution in [0.5, 0.6) is 0 Å². The highest BCUT2D eigenvalue weighted by molar-refractivity contribution is 7.94. The lowest BCUT2D eigenvalue weighted by Crippen LogP contribution is -2.35. The van der Waals surface area contributed by atoms with Gasteiger partial charge in [-0.15, -0.1) is 0 Å².